The molecule has 0 aliphatic heterocycles. The average Bonchev–Trinajstić information content (AvgIpc) is 3.70. The number of benzene rings is 3. The third kappa shape index (κ3) is 5.73. The molecule has 7 nitrogen and oxygen atoms in total. The summed E-state index contributed by atoms with van der Waals surface area (Å²) in [5.41, 5.74) is 1.97. The van der Waals surface area contributed by atoms with E-state index in [1.807, 2.05) is 0 Å². The number of aliphatic imine (C=N–C) groups is 1. The molecular formula is C30H23Cl2FN2O5. The Morgan fingerprint density at radius 1 is 1.20 bits per heavy atom. The molecule has 0 radical (unpaired) electrons. The van der Waals surface area contributed by atoms with Gasteiger partial charge in [0, 0.05) is 28.5 Å². The highest BCUT2D eigenvalue weighted by Crippen LogP contribution is 2.46. The van der Waals surface area contributed by atoms with Crippen molar-refractivity contribution in [1.82, 2.24) is 5.16 Å². The van der Waals surface area contributed by atoms with Crippen LogP contribution in [0.2, 0.25) is 10.0 Å². The fourth-order valence-electron chi connectivity index (χ4n) is 4.12. The highest BCUT2D eigenvalue weighted by molar-refractivity contribution is 6.39. The van der Waals surface area contributed by atoms with Gasteiger partial charge in [0.05, 0.1) is 15.6 Å². The molecule has 1 aliphatic carbocycles. The molecule has 1 aromatic heterocycles. The minimum atomic E-state index is -1.09. The standard InChI is InChI=1S/C30H23Cl2FN2O5/c1-16(30(36)37)6-13-25(34-2)39-24-12-9-18-14-19(10-11-20(18)27(24)33)38-15-21-28(35-40-29(21)17-7-8-17)26-22(31)4-3-5-23(26)32/h3-6,9-14,17H,2,7-8,15H2,1H3,(H,36,37)/b16-6+,25-13+. The number of hydrogen-bond donors (Lipinski definition) is 1. The summed E-state index contributed by atoms with van der Waals surface area (Å²) in [5.74, 6) is -0.281. The molecule has 40 heavy (non-hydrogen) atoms. The van der Waals surface area contributed by atoms with Gasteiger partial charge in [0.2, 0.25) is 5.88 Å². The Balaban J connectivity index is 1.39. The van der Waals surface area contributed by atoms with Gasteiger partial charge < -0.3 is 19.1 Å². The second kappa shape index (κ2) is 11.5. The molecule has 0 spiro atoms. The molecule has 0 bridgehead atoms. The van der Waals surface area contributed by atoms with Gasteiger partial charge in [-0.25, -0.2) is 14.2 Å². The second-order valence-corrected chi connectivity index (χ2v) is 10.0. The maximum Gasteiger partial charge on any atom is 0.331 e. The van der Waals surface area contributed by atoms with Crippen LogP contribution in [0.15, 0.2) is 81.7 Å². The third-order valence-electron chi connectivity index (χ3n) is 6.42. The van der Waals surface area contributed by atoms with Gasteiger partial charge in [-0.3, -0.25) is 0 Å². The SMILES string of the molecule is C=N/C(=C\C=C(/C)C(=O)O)Oc1ccc2cc(OCc3c(-c4c(Cl)cccc4Cl)noc3C3CC3)ccc2c1F. The lowest BCUT2D eigenvalue weighted by Gasteiger charge is -2.12. The average molecular weight is 581 g/mol. The Labute approximate surface area is 239 Å². The summed E-state index contributed by atoms with van der Waals surface area (Å²) in [4.78, 5) is 14.7. The van der Waals surface area contributed by atoms with Crippen molar-refractivity contribution in [3.05, 3.63) is 99.3 Å². The number of carboxylic acid groups (broad SMARTS) is 1. The van der Waals surface area contributed by atoms with Gasteiger partial charge in [-0.05, 0) is 74.3 Å². The van der Waals surface area contributed by atoms with E-state index in [-0.39, 0.29) is 29.7 Å². The summed E-state index contributed by atoms with van der Waals surface area (Å²) in [5, 5.41) is 15.1. The van der Waals surface area contributed by atoms with E-state index in [1.54, 1.807) is 42.5 Å². The Bertz CT molecular complexity index is 1670. The summed E-state index contributed by atoms with van der Waals surface area (Å²) < 4.78 is 32.6. The van der Waals surface area contributed by atoms with Crippen molar-refractivity contribution in [1.29, 1.82) is 0 Å². The zero-order valence-electron chi connectivity index (χ0n) is 21.3. The Morgan fingerprint density at radius 3 is 2.62 bits per heavy atom. The molecule has 1 N–H and O–H groups in total. The minimum Gasteiger partial charge on any atom is -0.489 e. The molecule has 10 heteroatoms. The Kier molecular flexibility index (Phi) is 7.91. The largest absolute Gasteiger partial charge is 0.489 e. The lowest BCUT2D eigenvalue weighted by molar-refractivity contribution is -0.132. The zero-order chi connectivity index (χ0) is 28.4. The highest BCUT2D eigenvalue weighted by Gasteiger charge is 2.33. The molecule has 0 saturated heterocycles. The molecule has 204 valence electrons. The molecule has 1 saturated carbocycles. The van der Waals surface area contributed by atoms with E-state index >= 15 is 4.39 Å². The molecule has 3 aromatic carbocycles. The normalized spacial score (nSPS) is 13.9. The topological polar surface area (TPSA) is 94.2 Å². The summed E-state index contributed by atoms with van der Waals surface area (Å²) in [6.45, 7) is 4.97. The van der Waals surface area contributed by atoms with Crippen LogP contribution >= 0.6 is 23.2 Å². The number of aromatic nitrogens is 1. The van der Waals surface area contributed by atoms with Crippen LogP contribution in [0.1, 0.15) is 37.0 Å². The maximum atomic E-state index is 15.3. The van der Waals surface area contributed by atoms with Crippen molar-refractivity contribution >= 4 is 46.7 Å². The maximum absolute atomic E-state index is 15.3. The van der Waals surface area contributed by atoms with Crippen molar-refractivity contribution in [2.75, 3.05) is 0 Å². The van der Waals surface area contributed by atoms with Crippen LogP contribution in [-0.4, -0.2) is 23.0 Å². The molecule has 4 aromatic rings. The van der Waals surface area contributed by atoms with E-state index in [0.29, 0.717) is 37.8 Å². The molecule has 0 amide bonds. The van der Waals surface area contributed by atoms with E-state index in [9.17, 15) is 4.79 Å². The van der Waals surface area contributed by atoms with Gasteiger partial charge in [-0.2, -0.15) is 0 Å². The van der Waals surface area contributed by atoms with Crippen LogP contribution in [0.3, 0.4) is 0 Å². The van der Waals surface area contributed by atoms with E-state index in [2.05, 4.69) is 16.9 Å². The van der Waals surface area contributed by atoms with Crippen LogP contribution in [0.4, 0.5) is 4.39 Å². The molecule has 1 aliphatic rings. The number of carboxylic acids is 1. The van der Waals surface area contributed by atoms with Crippen molar-refractivity contribution in [3.63, 3.8) is 0 Å². The van der Waals surface area contributed by atoms with E-state index in [4.69, 9.17) is 42.3 Å². The van der Waals surface area contributed by atoms with E-state index in [0.717, 1.165) is 24.2 Å². The number of fused-ring (bicyclic) bond motifs is 1. The number of hydrogen-bond acceptors (Lipinski definition) is 6. The van der Waals surface area contributed by atoms with Gasteiger partial charge in [0.1, 0.15) is 23.8 Å². The van der Waals surface area contributed by atoms with Crippen molar-refractivity contribution in [3.8, 4) is 22.8 Å². The summed E-state index contributed by atoms with van der Waals surface area (Å²) in [7, 11) is 0. The van der Waals surface area contributed by atoms with E-state index < -0.39 is 11.8 Å². The predicted octanol–water partition coefficient (Wildman–Crippen LogP) is 8.35. The smallest absolute Gasteiger partial charge is 0.331 e. The van der Waals surface area contributed by atoms with Crippen LogP contribution in [0, 0.1) is 5.82 Å². The fourth-order valence-corrected chi connectivity index (χ4v) is 4.70. The van der Waals surface area contributed by atoms with Crippen LogP contribution < -0.4 is 9.47 Å². The van der Waals surface area contributed by atoms with Crippen LogP contribution in [0.25, 0.3) is 22.0 Å². The van der Waals surface area contributed by atoms with Gasteiger partial charge in [-0.1, -0.05) is 40.5 Å². The monoisotopic (exact) mass is 580 g/mol. The van der Waals surface area contributed by atoms with Gasteiger partial charge in [0.25, 0.3) is 0 Å². The molecule has 5 rings (SSSR count). The zero-order valence-corrected chi connectivity index (χ0v) is 22.8. The number of nitrogens with zero attached hydrogens (tertiary/aromatic N) is 2. The number of carbonyl (C=O) groups is 1. The molecule has 0 atom stereocenters. The summed E-state index contributed by atoms with van der Waals surface area (Å²) in [6, 6.07) is 13.4. The molecular weight excluding hydrogens is 558 g/mol. The van der Waals surface area contributed by atoms with Gasteiger partial charge >= 0.3 is 5.97 Å². The Morgan fingerprint density at radius 2 is 1.95 bits per heavy atom. The fraction of sp³-hybridized carbons (Fsp3) is 0.167. The van der Waals surface area contributed by atoms with Gasteiger partial charge in [0.15, 0.2) is 11.6 Å². The quantitative estimate of drug-likeness (QED) is 0.0876. The summed E-state index contributed by atoms with van der Waals surface area (Å²) in [6.07, 6.45) is 4.61. The first-order valence-electron chi connectivity index (χ1n) is 12.3. The molecule has 1 fully saturated rings. The number of rotatable bonds is 10. The lowest BCUT2D eigenvalue weighted by atomic mass is 10.0. The second-order valence-electron chi connectivity index (χ2n) is 9.21. The highest BCUT2D eigenvalue weighted by atomic mass is 35.5. The number of ether oxygens (including phenoxy) is 2. The first-order valence-corrected chi connectivity index (χ1v) is 13.1. The summed E-state index contributed by atoms with van der Waals surface area (Å²) >= 11 is 12.9. The predicted molar refractivity (Wildman–Crippen MR) is 152 cm³/mol. The molecule has 1 heterocycles. The van der Waals surface area contributed by atoms with Crippen LogP contribution in [-0.2, 0) is 11.4 Å². The number of allylic oxidation sites excluding steroid dienone is 2. The lowest BCUT2D eigenvalue weighted by Crippen LogP contribution is -2.00. The van der Waals surface area contributed by atoms with Crippen molar-refractivity contribution < 1.29 is 28.3 Å². The number of halogens is 3. The first-order chi connectivity index (χ1) is 19.3. The third-order valence-corrected chi connectivity index (χ3v) is 7.05. The van der Waals surface area contributed by atoms with Crippen molar-refractivity contribution in [2.24, 2.45) is 4.99 Å². The first kappa shape index (κ1) is 27.4. The molecule has 0 unspecified atom stereocenters. The number of aliphatic carboxylic acids is 1. The minimum absolute atomic E-state index is 0.0478. The van der Waals surface area contributed by atoms with Gasteiger partial charge in [-0.15, -0.1) is 0 Å². The Hall–Kier alpha value is -4.14. The van der Waals surface area contributed by atoms with Crippen molar-refractivity contribution in [2.45, 2.75) is 32.3 Å². The van der Waals surface area contributed by atoms with Crippen LogP contribution in [0.5, 0.6) is 11.5 Å². The van der Waals surface area contributed by atoms with E-state index in [1.165, 1.54) is 25.1 Å².